The Hall–Kier alpha value is -2.14. The van der Waals surface area contributed by atoms with E-state index in [-0.39, 0.29) is 11.9 Å². The quantitative estimate of drug-likeness (QED) is 0.867. The second-order valence-corrected chi connectivity index (χ2v) is 4.93. The molecule has 5 nitrogen and oxygen atoms in total. The molecule has 0 fully saturated rings. The zero-order valence-corrected chi connectivity index (χ0v) is 11.2. The van der Waals surface area contributed by atoms with Crippen molar-refractivity contribution in [2.45, 2.75) is 19.0 Å². The smallest absolute Gasteiger partial charge is 0.241 e. The van der Waals surface area contributed by atoms with Crippen LogP contribution in [0.25, 0.3) is 0 Å². The first kappa shape index (κ1) is 12.9. The Labute approximate surface area is 118 Å². The molecule has 20 heavy (non-hydrogen) atoms. The van der Waals surface area contributed by atoms with Crippen LogP contribution in [0, 0.1) is 0 Å². The third-order valence-electron chi connectivity index (χ3n) is 3.60. The van der Waals surface area contributed by atoms with E-state index < -0.39 is 0 Å². The van der Waals surface area contributed by atoms with Crippen molar-refractivity contribution in [1.82, 2.24) is 20.2 Å². The van der Waals surface area contributed by atoms with Crippen molar-refractivity contribution in [2.24, 2.45) is 0 Å². The molecule has 2 aromatic rings. The summed E-state index contributed by atoms with van der Waals surface area (Å²) in [4.78, 5) is 16.3. The normalized spacial score (nSPS) is 17.5. The minimum Gasteiger partial charge on any atom is -0.353 e. The number of amides is 1. The van der Waals surface area contributed by atoms with E-state index >= 15 is 0 Å². The number of fused-ring (bicyclic) bond motifs is 1. The first-order chi connectivity index (χ1) is 9.84. The number of nitrogens with one attached hydrogen (secondary N) is 2. The monoisotopic (exact) mass is 270 g/mol. The molecular formula is C15H18N4O. The van der Waals surface area contributed by atoms with Crippen molar-refractivity contribution in [2.75, 3.05) is 13.1 Å². The number of carbonyl (C=O) groups is 1. The van der Waals surface area contributed by atoms with E-state index in [1.165, 1.54) is 5.56 Å². The van der Waals surface area contributed by atoms with Gasteiger partial charge in [-0.3, -0.25) is 4.79 Å². The molecule has 1 aromatic heterocycles. The molecule has 1 amide bonds. The van der Waals surface area contributed by atoms with Crippen molar-refractivity contribution in [1.29, 1.82) is 0 Å². The summed E-state index contributed by atoms with van der Waals surface area (Å²) in [6.45, 7) is 2.19. The van der Waals surface area contributed by atoms with Gasteiger partial charge < -0.3 is 15.2 Å². The summed E-state index contributed by atoms with van der Waals surface area (Å²) in [6.07, 6.45) is 6.36. The highest BCUT2D eigenvalue weighted by molar-refractivity contribution is 5.83. The van der Waals surface area contributed by atoms with Gasteiger partial charge >= 0.3 is 0 Å². The zero-order chi connectivity index (χ0) is 13.8. The van der Waals surface area contributed by atoms with Gasteiger partial charge in [-0.1, -0.05) is 24.3 Å². The molecular weight excluding hydrogens is 252 g/mol. The predicted molar refractivity (Wildman–Crippen MR) is 76.1 cm³/mol. The molecule has 104 valence electrons. The Morgan fingerprint density at radius 1 is 1.45 bits per heavy atom. The largest absolute Gasteiger partial charge is 0.353 e. The number of nitrogens with zero attached hydrogens (tertiary/aromatic N) is 2. The van der Waals surface area contributed by atoms with E-state index in [2.05, 4.69) is 21.7 Å². The van der Waals surface area contributed by atoms with Crippen molar-refractivity contribution in [3.05, 3.63) is 54.1 Å². The molecule has 0 saturated carbocycles. The fraction of sp³-hybridized carbons (Fsp3) is 0.333. The standard InChI is InChI=1S/C15H18N4O/c20-15(18-8-10-19-9-7-16-11-19)14-13-4-2-1-3-12(13)5-6-17-14/h1-4,7,9,11,14,17H,5-6,8,10H2,(H,18,20). The molecule has 0 aliphatic carbocycles. The lowest BCUT2D eigenvalue weighted by atomic mass is 9.94. The summed E-state index contributed by atoms with van der Waals surface area (Å²) in [6, 6.07) is 7.90. The second kappa shape index (κ2) is 5.88. The van der Waals surface area contributed by atoms with Crippen molar-refractivity contribution >= 4 is 5.91 Å². The van der Waals surface area contributed by atoms with Crippen LogP contribution in [-0.2, 0) is 17.8 Å². The van der Waals surface area contributed by atoms with Gasteiger partial charge in [-0.05, 0) is 17.5 Å². The molecule has 1 atom stereocenters. The summed E-state index contributed by atoms with van der Waals surface area (Å²) in [5.74, 6) is 0.0391. The lowest BCUT2D eigenvalue weighted by molar-refractivity contribution is -0.123. The Morgan fingerprint density at radius 3 is 3.20 bits per heavy atom. The van der Waals surface area contributed by atoms with Gasteiger partial charge in [-0.2, -0.15) is 0 Å². The topological polar surface area (TPSA) is 59.0 Å². The van der Waals surface area contributed by atoms with Crippen LogP contribution in [0.15, 0.2) is 43.0 Å². The maximum atomic E-state index is 12.3. The fourth-order valence-electron chi connectivity index (χ4n) is 2.57. The van der Waals surface area contributed by atoms with Crippen LogP contribution < -0.4 is 10.6 Å². The summed E-state index contributed by atoms with van der Waals surface area (Å²) >= 11 is 0. The van der Waals surface area contributed by atoms with Gasteiger partial charge in [0.2, 0.25) is 5.91 Å². The van der Waals surface area contributed by atoms with Crippen LogP contribution in [0.5, 0.6) is 0 Å². The van der Waals surface area contributed by atoms with Crippen LogP contribution in [0.1, 0.15) is 17.2 Å². The van der Waals surface area contributed by atoms with Crippen LogP contribution in [0.2, 0.25) is 0 Å². The zero-order valence-electron chi connectivity index (χ0n) is 11.2. The maximum absolute atomic E-state index is 12.3. The summed E-state index contributed by atoms with van der Waals surface area (Å²) in [5.41, 5.74) is 2.36. The van der Waals surface area contributed by atoms with Gasteiger partial charge in [-0.15, -0.1) is 0 Å². The van der Waals surface area contributed by atoms with E-state index in [1.54, 1.807) is 12.5 Å². The number of rotatable bonds is 4. The average molecular weight is 270 g/mol. The first-order valence-electron chi connectivity index (χ1n) is 6.89. The molecule has 2 heterocycles. The van der Waals surface area contributed by atoms with Crippen molar-refractivity contribution in [3.8, 4) is 0 Å². The molecule has 0 saturated heterocycles. The van der Waals surface area contributed by atoms with E-state index in [9.17, 15) is 4.79 Å². The number of hydrogen-bond donors (Lipinski definition) is 2. The van der Waals surface area contributed by atoms with E-state index in [0.29, 0.717) is 6.54 Å². The molecule has 5 heteroatoms. The van der Waals surface area contributed by atoms with Crippen LogP contribution in [0.4, 0.5) is 0 Å². The Balaban J connectivity index is 1.60. The molecule has 3 rings (SSSR count). The van der Waals surface area contributed by atoms with Crippen LogP contribution in [-0.4, -0.2) is 28.5 Å². The Kier molecular flexibility index (Phi) is 3.78. The van der Waals surface area contributed by atoms with Crippen molar-refractivity contribution in [3.63, 3.8) is 0 Å². The van der Waals surface area contributed by atoms with Gasteiger partial charge in [-0.25, -0.2) is 4.98 Å². The predicted octanol–water partition coefficient (Wildman–Crippen LogP) is 0.886. The lowest BCUT2D eigenvalue weighted by Gasteiger charge is -2.26. The molecule has 1 aliphatic heterocycles. The fourth-order valence-corrected chi connectivity index (χ4v) is 2.57. The van der Waals surface area contributed by atoms with Crippen LogP contribution >= 0.6 is 0 Å². The van der Waals surface area contributed by atoms with Gasteiger partial charge in [0.05, 0.1) is 6.33 Å². The Morgan fingerprint density at radius 2 is 2.35 bits per heavy atom. The second-order valence-electron chi connectivity index (χ2n) is 4.93. The minimum absolute atomic E-state index is 0.0391. The SMILES string of the molecule is O=C(NCCn1ccnc1)C1NCCc2ccccc21. The average Bonchev–Trinajstić information content (AvgIpc) is 3.00. The number of benzene rings is 1. The summed E-state index contributed by atoms with van der Waals surface area (Å²) in [5, 5.41) is 6.27. The summed E-state index contributed by atoms with van der Waals surface area (Å²) in [7, 11) is 0. The molecule has 1 aliphatic rings. The highest BCUT2D eigenvalue weighted by Crippen LogP contribution is 2.22. The van der Waals surface area contributed by atoms with Crippen molar-refractivity contribution < 1.29 is 4.79 Å². The summed E-state index contributed by atoms with van der Waals surface area (Å²) < 4.78 is 1.95. The van der Waals surface area contributed by atoms with E-state index in [0.717, 1.165) is 25.1 Å². The molecule has 0 radical (unpaired) electrons. The number of imidazole rings is 1. The molecule has 0 spiro atoms. The highest BCUT2D eigenvalue weighted by Gasteiger charge is 2.25. The molecule has 0 bridgehead atoms. The highest BCUT2D eigenvalue weighted by atomic mass is 16.2. The lowest BCUT2D eigenvalue weighted by Crippen LogP contribution is -2.42. The number of aromatic nitrogens is 2. The first-order valence-corrected chi connectivity index (χ1v) is 6.89. The van der Waals surface area contributed by atoms with Gasteiger partial charge in [0.15, 0.2) is 0 Å². The van der Waals surface area contributed by atoms with E-state index in [4.69, 9.17) is 0 Å². The van der Waals surface area contributed by atoms with Gasteiger partial charge in [0.25, 0.3) is 0 Å². The van der Waals surface area contributed by atoms with Crippen LogP contribution in [0.3, 0.4) is 0 Å². The van der Waals surface area contributed by atoms with Gasteiger partial charge in [0, 0.05) is 32.0 Å². The maximum Gasteiger partial charge on any atom is 0.241 e. The Bertz CT molecular complexity index is 579. The minimum atomic E-state index is -0.234. The molecule has 1 unspecified atom stereocenters. The molecule has 2 N–H and O–H groups in total. The van der Waals surface area contributed by atoms with Gasteiger partial charge in [0.1, 0.15) is 6.04 Å². The third kappa shape index (κ3) is 2.72. The van der Waals surface area contributed by atoms with E-state index in [1.807, 2.05) is 29.0 Å². The molecule has 1 aromatic carbocycles. The number of hydrogen-bond acceptors (Lipinski definition) is 3. The third-order valence-corrected chi connectivity index (χ3v) is 3.60. The number of carbonyl (C=O) groups excluding carboxylic acids is 1.